The second-order valence-electron chi connectivity index (χ2n) is 5.49. The smallest absolute Gasteiger partial charge is 0.176 e. The highest BCUT2D eigenvalue weighted by Crippen LogP contribution is 2.42. The van der Waals surface area contributed by atoms with Gasteiger partial charge in [0.25, 0.3) is 0 Å². The summed E-state index contributed by atoms with van der Waals surface area (Å²) in [4.78, 5) is 0. The minimum absolute atomic E-state index is 0.0320. The zero-order chi connectivity index (χ0) is 15.1. The number of rotatable bonds is 4. The maximum Gasteiger partial charge on any atom is 0.176 e. The van der Waals surface area contributed by atoms with Crippen LogP contribution in [0.5, 0.6) is 0 Å². The molecule has 7 heteroatoms. The number of benzene rings is 1. The van der Waals surface area contributed by atoms with E-state index in [-0.39, 0.29) is 5.38 Å². The zero-order valence-electron chi connectivity index (χ0n) is 11.2. The third kappa shape index (κ3) is 3.24. The standard InChI is InChI=1S/C12H17BrClO3SSi/c1-18(16,17)12(15,19(2,3)4)11(14)9-6-5-7-10(13)8-9/h5-8,15H,1-4H3. The maximum absolute atomic E-state index is 12.1. The van der Waals surface area contributed by atoms with Gasteiger partial charge in [-0.15, -0.1) is 11.6 Å². The summed E-state index contributed by atoms with van der Waals surface area (Å²) in [5, 5.41) is 10.8. The van der Waals surface area contributed by atoms with Crippen LogP contribution in [0.25, 0.3) is 0 Å². The Bertz CT molecular complexity index is 571. The largest absolute Gasteiger partial charge is 0.376 e. The van der Waals surface area contributed by atoms with E-state index in [0.29, 0.717) is 5.56 Å². The Morgan fingerprint density at radius 3 is 2.26 bits per heavy atom. The van der Waals surface area contributed by atoms with Crippen LogP contribution in [-0.4, -0.2) is 32.4 Å². The van der Waals surface area contributed by atoms with Gasteiger partial charge in [0.2, 0.25) is 0 Å². The molecule has 1 aromatic carbocycles. The summed E-state index contributed by atoms with van der Waals surface area (Å²) in [5.74, 6) is 0. The molecule has 0 fully saturated rings. The molecular weight excluding hydrogens is 368 g/mol. The van der Waals surface area contributed by atoms with Crippen LogP contribution in [0.1, 0.15) is 5.56 Å². The second kappa shape index (κ2) is 5.48. The highest BCUT2D eigenvalue weighted by atomic mass is 79.9. The fourth-order valence-electron chi connectivity index (χ4n) is 1.87. The van der Waals surface area contributed by atoms with Gasteiger partial charge < -0.3 is 5.11 Å². The van der Waals surface area contributed by atoms with Crippen molar-refractivity contribution in [2.45, 2.75) is 24.2 Å². The number of halogens is 2. The molecule has 0 amide bonds. The third-order valence-electron chi connectivity index (χ3n) is 2.93. The van der Waals surface area contributed by atoms with Crippen LogP contribution in [0.2, 0.25) is 19.6 Å². The monoisotopic (exact) mass is 383 g/mol. The molecule has 1 radical (unpaired) electrons. The van der Waals surface area contributed by atoms with Crippen molar-refractivity contribution in [1.82, 2.24) is 0 Å². The summed E-state index contributed by atoms with van der Waals surface area (Å²) >= 11 is 9.56. The lowest BCUT2D eigenvalue weighted by Crippen LogP contribution is -2.60. The Morgan fingerprint density at radius 2 is 1.89 bits per heavy atom. The molecule has 107 valence electrons. The van der Waals surface area contributed by atoms with Gasteiger partial charge in [0, 0.05) is 10.7 Å². The molecular formula is C12H17BrClO3SSi. The molecule has 0 aliphatic carbocycles. The number of hydrogen-bond acceptors (Lipinski definition) is 3. The van der Waals surface area contributed by atoms with E-state index >= 15 is 0 Å². The van der Waals surface area contributed by atoms with Gasteiger partial charge in [-0.05, 0) is 17.7 Å². The topological polar surface area (TPSA) is 54.4 Å². The Balaban J connectivity index is 3.44. The lowest BCUT2D eigenvalue weighted by Gasteiger charge is -2.40. The van der Waals surface area contributed by atoms with Crippen molar-refractivity contribution in [3.05, 3.63) is 39.7 Å². The Labute approximate surface area is 129 Å². The van der Waals surface area contributed by atoms with Crippen molar-refractivity contribution in [1.29, 1.82) is 0 Å². The van der Waals surface area contributed by atoms with Crippen LogP contribution < -0.4 is 0 Å². The summed E-state index contributed by atoms with van der Waals surface area (Å²) < 4.78 is 22.9. The highest BCUT2D eigenvalue weighted by molar-refractivity contribution is 9.10. The van der Waals surface area contributed by atoms with Gasteiger partial charge in [-0.1, -0.05) is 47.7 Å². The first-order valence-electron chi connectivity index (χ1n) is 5.62. The van der Waals surface area contributed by atoms with Gasteiger partial charge in [0.1, 0.15) is 13.5 Å². The minimum atomic E-state index is -3.75. The van der Waals surface area contributed by atoms with Crippen molar-refractivity contribution in [2.24, 2.45) is 0 Å². The zero-order valence-corrected chi connectivity index (χ0v) is 15.4. The highest BCUT2D eigenvalue weighted by Gasteiger charge is 2.56. The molecule has 19 heavy (non-hydrogen) atoms. The van der Waals surface area contributed by atoms with Gasteiger partial charge in [-0.3, -0.25) is 0 Å². The lowest BCUT2D eigenvalue weighted by molar-refractivity contribution is 0.225. The fourth-order valence-corrected chi connectivity index (χ4v) is 9.35. The van der Waals surface area contributed by atoms with Gasteiger partial charge in [-0.2, -0.15) is 0 Å². The molecule has 1 N–H and O–H groups in total. The molecule has 0 aliphatic rings. The van der Waals surface area contributed by atoms with Crippen molar-refractivity contribution >= 4 is 45.4 Å². The molecule has 0 saturated heterocycles. The number of aliphatic hydroxyl groups is 1. The van der Waals surface area contributed by atoms with Crippen LogP contribution in [0.4, 0.5) is 0 Å². The normalized spacial score (nSPS) is 16.4. The van der Waals surface area contributed by atoms with Crippen molar-refractivity contribution in [3.63, 3.8) is 0 Å². The van der Waals surface area contributed by atoms with Crippen molar-refractivity contribution in [3.8, 4) is 0 Å². The van der Waals surface area contributed by atoms with Crippen LogP contribution in [0.3, 0.4) is 0 Å². The molecule has 0 bridgehead atoms. The van der Waals surface area contributed by atoms with E-state index < -0.39 is 22.5 Å². The van der Waals surface area contributed by atoms with Crippen LogP contribution in [0, 0.1) is 5.38 Å². The molecule has 0 aliphatic heterocycles. The van der Waals surface area contributed by atoms with Crippen LogP contribution in [-0.2, 0) is 9.84 Å². The summed E-state index contributed by atoms with van der Waals surface area (Å²) in [6.45, 7) is 5.32. The molecule has 0 aromatic heterocycles. The maximum atomic E-state index is 12.1. The van der Waals surface area contributed by atoms with Gasteiger partial charge >= 0.3 is 0 Å². The quantitative estimate of drug-likeness (QED) is 0.811. The van der Waals surface area contributed by atoms with E-state index in [9.17, 15) is 13.5 Å². The molecule has 0 spiro atoms. The van der Waals surface area contributed by atoms with Gasteiger partial charge in [0.15, 0.2) is 14.4 Å². The first kappa shape index (κ1) is 17.2. The van der Waals surface area contributed by atoms with Crippen molar-refractivity contribution < 1.29 is 13.5 Å². The average molecular weight is 385 g/mol. The fraction of sp³-hybridized carbons (Fsp3) is 0.417. The van der Waals surface area contributed by atoms with E-state index in [4.69, 9.17) is 11.6 Å². The SMILES string of the molecule is C[Si](C)(C)C(O)([C](Cl)c1cccc(Br)c1)S(C)(=O)=O. The summed E-state index contributed by atoms with van der Waals surface area (Å²) in [6.07, 6.45) is 1.02. The predicted octanol–water partition coefficient (Wildman–Crippen LogP) is 3.18. The van der Waals surface area contributed by atoms with Gasteiger partial charge in [-0.25, -0.2) is 8.42 Å². The lowest BCUT2D eigenvalue weighted by atomic mass is 10.1. The Kier molecular flexibility index (Phi) is 4.95. The van der Waals surface area contributed by atoms with Crippen LogP contribution in [0.15, 0.2) is 28.7 Å². The predicted molar refractivity (Wildman–Crippen MR) is 85.5 cm³/mol. The number of sulfone groups is 1. The average Bonchev–Trinajstić information content (AvgIpc) is 2.23. The van der Waals surface area contributed by atoms with E-state index in [2.05, 4.69) is 15.9 Å². The van der Waals surface area contributed by atoms with E-state index in [1.807, 2.05) is 6.07 Å². The van der Waals surface area contributed by atoms with Crippen LogP contribution >= 0.6 is 27.5 Å². The molecule has 1 unspecified atom stereocenters. The summed E-state index contributed by atoms with van der Waals surface area (Å²) in [6, 6.07) is 6.93. The van der Waals surface area contributed by atoms with E-state index in [0.717, 1.165) is 10.7 Å². The first-order chi connectivity index (χ1) is 8.41. The molecule has 0 heterocycles. The Hall–Kier alpha value is 0.117. The number of hydrogen-bond donors (Lipinski definition) is 1. The second-order valence-corrected chi connectivity index (χ2v) is 14.5. The van der Waals surface area contributed by atoms with Crippen molar-refractivity contribution in [2.75, 3.05) is 6.26 Å². The molecule has 1 atom stereocenters. The summed E-state index contributed by atoms with van der Waals surface area (Å²) in [5.41, 5.74) is 0.506. The van der Waals surface area contributed by atoms with E-state index in [1.54, 1.807) is 37.8 Å². The summed E-state index contributed by atoms with van der Waals surface area (Å²) in [7, 11) is -6.28. The third-order valence-corrected chi connectivity index (χ3v) is 10.7. The molecule has 3 nitrogen and oxygen atoms in total. The molecule has 0 saturated carbocycles. The Morgan fingerprint density at radius 1 is 1.37 bits per heavy atom. The van der Waals surface area contributed by atoms with E-state index in [1.165, 1.54) is 0 Å². The first-order valence-corrected chi connectivity index (χ1v) is 12.2. The molecule has 1 aromatic rings. The minimum Gasteiger partial charge on any atom is -0.376 e. The molecule has 1 rings (SSSR count). The van der Waals surface area contributed by atoms with Gasteiger partial charge in [0.05, 0.1) is 0 Å².